The van der Waals surface area contributed by atoms with Crippen molar-refractivity contribution < 1.29 is 9.59 Å². The Kier molecular flexibility index (Phi) is 7.34. The van der Waals surface area contributed by atoms with Crippen molar-refractivity contribution in [2.24, 2.45) is 5.92 Å². The highest BCUT2D eigenvalue weighted by molar-refractivity contribution is 5.80. The molecule has 2 unspecified atom stereocenters. The van der Waals surface area contributed by atoms with E-state index in [0.717, 1.165) is 51.9 Å². The third kappa shape index (κ3) is 5.20. The zero-order chi connectivity index (χ0) is 16.7. The molecule has 2 saturated heterocycles. The van der Waals surface area contributed by atoms with E-state index in [0.29, 0.717) is 24.8 Å². The lowest BCUT2D eigenvalue weighted by molar-refractivity contribution is -0.141. The molecule has 2 rings (SSSR count). The molecule has 0 aromatic heterocycles. The molecule has 2 aliphatic rings. The molecule has 5 heteroatoms. The van der Waals surface area contributed by atoms with E-state index in [1.807, 2.05) is 9.80 Å². The van der Waals surface area contributed by atoms with Crippen molar-refractivity contribution in [1.82, 2.24) is 15.1 Å². The van der Waals surface area contributed by atoms with Gasteiger partial charge in [0.1, 0.15) is 0 Å². The number of amides is 2. The number of piperazine rings is 1. The van der Waals surface area contributed by atoms with E-state index < -0.39 is 0 Å². The Bertz CT molecular complexity index is 400. The first-order chi connectivity index (χ1) is 11.2. The first-order valence-corrected chi connectivity index (χ1v) is 9.43. The first kappa shape index (κ1) is 18.2. The van der Waals surface area contributed by atoms with Crippen molar-refractivity contribution in [2.75, 3.05) is 32.7 Å². The minimum atomic E-state index is 0.185. The lowest BCUT2D eigenvalue weighted by atomic mass is 9.94. The van der Waals surface area contributed by atoms with Crippen molar-refractivity contribution in [3.63, 3.8) is 0 Å². The van der Waals surface area contributed by atoms with Crippen LogP contribution in [0.3, 0.4) is 0 Å². The van der Waals surface area contributed by atoms with E-state index in [2.05, 4.69) is 19.2 Å². The van der Waals surface area contributed by atoms with E-state index >= 15 is 0 Å². The quantitative estimate of drug-likeness (QED) is 0.780. The molecule has 2 aliphatic heterocycles. The molecular weight excluding hydrogens is 290 g/mol. The molecule has 0 saturated carbocycles. The molecule has 2 fully saturated rings. The Morgan fingerprint density at radius 2 is 2.17 bits per heavy atom. The summed E-state index contributed by atoms with van der Waals surface area (Å²) >= 11 is 0. The van der Waals surface area contributed by atoms with Gasteiger partial charge in [0.05, 0.1) is 6.54 Å². The number of piperidine rings is 1. The first-order valence-electron chi connectivity index (χ1n) is 9.43. The summed E-state index contributed by atoms with van der Waals surface area (Å²) in [5.74, 6) is 0.994. The van der Waals surface area contributed by atoms with Gasteiger partial charge in [-0.3, -0.25) is 9.59 Å². The van der Waals surface area contributed by atoms with Crippen LogP contribution >= 0.6 is 0 Å². The maximum Gasteiger partial charge on any atom is 0.236 e. The van der Waals surface area contributed by atoms with E-state index in [-0.39, 0.29) is 11.9 Å². The summed E-state index contributed by atoms with van der Waals surface area (Å²) in [7, 11) is 0. The van der Waals surface area contributed by atoms with Crippen molar-refractivity contribution >= 4 is 11.8 Å². The maximum atomic E-state index is 12.7. The number of likely N-dealkylation sites (tertiary alicyclic amines) is 1. The fraction of sp³-hybridized carbons (Fsp3) is 0.889. The molecule has 5 nitrogen and oxygen atoms in total. The number of hydrogen-bond donors (Lipinski definition) is 1. The average molecular weight is 323 g/mol. The summed E-state index contributed by atoms with van der Waals surface area (Å²) in [6.45, 7) is 8.07. The van der Waals surface area contributed by atoms with Crippen LogP contribution in [0.25, 0.3) is 0 Å². The van der Waals surface area contributed by atoms with Crippen LogP contribution in [0.5, 0.6) is 0 Å². The van der Waals surface area contributed by atoms with Gasteiger partial charge in [0.15, 0.2) is 0 Å². The number of carbonyl (C=O) groups excluding carboxylic acids is 2. The molecule has 0 aromatic rings. The Hall–Kier alpha value is -1.10. The molecule has 0 spiro atoms. The summed E-state index contributed by atoms with van der Waals surface area (Å²) in [4.78, 5) is 28.7. The van der Waals surface area contributed by atoms with E-state index in [4.69, 9.17) is 0 Å². The van der Waals surface area contributed by atoms with Crippen LogP contribution in [0, 0.1) is 5.92 Å². The topological polar surface area (TPSA) is 52.7 Å². The number of nitrogens with one attached hydrogen (secondary N) is 1. The third-order valence-corrected chi connectivity index (χ3v) is 5.32. The largest absolute Gasteiger partial charge is 0.341 e. The van der Waals surface area contributed by atoms with Gasteiger partial charge in [-0.05, 0) is 25.2 Å². The highest BCUT2D eigenvalue weighted by Crippen LogP contribution is 2.22. The zero-order valence-corrected chi connectivity index (χ0v) is 14.9. The van der Waals surface area contributed by atoms with Crippen molar-refractivity contribution in [1.29, 1.82) is 0 Å². The number of carbonyl (C=O) groups is 2. The molecule has 2 heterocycles. The van der Waals surface area contributed by atoms with Crippen LogP contribution in [-0.4, -0.2) is 60.4 Å². The van der Waals surface area contributed by atoms with Gasteiger partial charge in [0.2, 0.25) is 11.8 Å². The van der Waals surface area contributed by atoms with Crippen LogP contribution in [0.1, 0.15) is 58.8 Å². The zero-order valence-electron chi connectivity index (χ0n) is 14.9. The Balaban J connectivity index is 1.86. The van der Waals surface area contributed by atoms with Crippen LogP contribution in [0.2, 0.25) is 0 Å². The minimum absolute atomic E-state index is 0.185. The molecule has 0 aliphatic carbocycles. The van der Waals surface area contributed by atoms with Crippen LogP contribution in [0.15, 0.2) is 0 Å². The van der Waals surface area contributed by atoms with Gasteiger partial charge >= 0.3 is 0 Å². The minimum Gasteiger partial charge on any atom is -0.341 e. The SMILES string of the molecule is CCCCC(CC)CC(=O)N1CCCC(N2CCNCC2=O)C1. The molecule has 132 valence electrons. The molecule has 2 amide bonds. The van der Waals surface area contributed by atoms with Gasteiger partial charge in [-0.2, -0.15) is 0 Å². The highest BCUT2D eigenvalue weighted by Gasteiger charge is 2.31. The Morgan fingerprint density at radius 3 is 2.87 bits per heavy atom. The van der Waals surface area contributed by atoms with Crippen molar-refractivity contribution in [2.45, 2.75) is 64.8 Å². The summed E-state index contributed by atoms with van der Waals surface area (Å²) in [6, 6.07) is 0.220. The fourth-order valence-corrected chi connectivity index (χ4v) is 3.76. The van der Waals surface area contributed by atoms with E-state index in [1.54, 1.807) is 0 Å². The molecule has 23 heavy (non-hydrogen) atoms. The van der Waals surface area contributed by atoms with Gasteiger partial charge in [0, 0.05) is 38.6 Å². The standard InChI is InChI=1S/C18H33N3O2/c1-3-5-7-15(4-2)12-17(22)20-10-6-8-16(14-20)21-11-9-19-13-18(21)23/h15-16,19H,3-14H2,1-2H3. The van der Waals surface area contributed by atoms with Gasteiger partial charge in [-0.25, -0.2) is 0 Å². The molecule has 0 aromatic carbocycles. The van der Waals surface area contributed by atoms with Crippen LogP contribution in [0.4, 0.5) is 0 Å². The van der Waals surface area contributed by atoms with Gasteiger partial charge < -0.3 is 15.1 Å². The number of nitrogens with zero attached hydrogens (tertiary/aromatic N) is 2. The molecule has 0 radical (unpaired) electrons. The van der Waals surface area contributed by atoms with Crippen molar-refractivity contribution in [3.05, 3.63) is 0 Å². The van der Waals surface area contributed by atoms with E-state index in [9.17, 15) is 9.59 Å². The van der Waals surface area contributed by atoms with Crippen molar-refractivity contribution in [3.8, 4) is 0 Å². The summed E-state index contributed by atoms with van der Waals surface area (Å²) < 4.78 is 0. The highest BCUT2D eigenvalue weighted by atomic mass is 16.2. The number of rotatable bonds is 7. The molecule has 0 bridgehead atoms. The molecule has 1 N–H and O–H groups in total. The summed E-state index contributed by atoms with van der Waals surface area (Å²) in [5, 5.41) is 3.12. The monoisotopic (exact) mass is 323 g/mol. The van der Waals surface area contributed by atoms with Crippen LogP contribution < -0.4 is 5.32 Å². The van der Waals surface area contributed by atoms with Crippen LogP contribution in [-0.2, 0) is 9.59 Å². The predicted molar refractivity (Wildman–Crippen MR) is 92.1 cm³/mol. The lowest BCUT2D eigenvalue weighted by Crippen LogP contribution is -2.57. The number of unbranched alkanes of at least 4 members (excludes halogenated alkanes) is 1. The summed E-state index contributed by atoms with van der Waals surface area (Å²) in [6.07, 6.45) is 7.37. The van der Waals surface area contributed by atoms with Gasteiger partial charge in [-0.15, -0.1) is 0 Å². The number of hydrogen-bond acceptors (Lipinski definition) is 3. The second-order valence-electron chi connectivity index (χ2n) is 7.02. The third-order valence-electron chi connectivity index (χ3n) is 5.32. The maximum absolute atomic E-state index is 12.7. The Morgan fingerprint density at radius 1 is 1.35 bits per heavy atom. The normalized spacial score (nSPS) is 23.9. The smallest absolute Gasteiger partial charge is 0.236 e. The van der Waals surface area contributed by atoms with Gasteiger partial charge in [0.25, 0.3) is 0 Å². The summed E-state index contributed by atoms with van der Waals surface area (Å²) in [5.41, 5.74) is 0. The second kappa shape index (κ2) is 9.26. The fourth-order valence-electron chi connectivity index (χ4n) is 3.76. The predicted octanol–water partition coefficient (Wildman–Crippen LogP) is 2.02. The molecule has 2 atom stereocenters. The molecular formula is C18H33N3O2. The van der Waals surface area contributed by atoms with E-state index in [1.165, 1.54) is 12.8 Å². The Labute approximate surface area is 140 Å². The van der Waals surface area contributed by atoms with Gasteiger partial charge in [-0.1, -0.05) is 33.1 Å². The second-order valence-corrected chi connectivity index (χ2v) is 7.02. The average Bonchev–Trinajstić information content (AvgIpc) is 2.59. The lowest BCUT2D eigenvalue weighted by Gasteiger charge is -2.41.